The smallest absolute Gasteiger partial charge is 0.253 e. The van der Waals surface area contributed by atoms with Gasteiger partial charge in [0.2, 0.25) is 0 Å². The van der Waals surface area contributed by atoms with Crippen LogP contribution >= 0.6 is 0 Å². The number of amides is 1. The third-order valence-electron chi connectivity index (χ3n) is 5.15. The highest BCUT2D eigenvalue weighted by Crippen LogP contribution is 2.18. The van der Waals surface area contributed by atoms with Crippen LogP contribution in [-0.2, 0) is 13.0 Å². The number of nitrogens with zero attached hydrogens (tertiary/aromatic N) is 3. The molecule has 0 radical (unpaired) electrons. The zero-order chi connectivity index (χ0) is 22.1. The van der Waals surface area contributed by atoms with Gasteiger partial charge in [0.1, 0.15) is 0 Å². The lowest BCUT2D eigenvalue weighted by Crippen LogP contribution is -2.41. The highest BCUT2D eigenvalue weighted by atomic mass is 16.2. The molecule has 0 spiro atoms. The second-order valence-corrected chi connectivity index (χ2v) is 7.78. The third kappa shape index (κ3) is 6.59. The predicted octanol–water partition coefficient (Wildman–Crippen LogP) is 2.92. The van der Waals surface area contributed by atoms with Gasteiger partial charge in [-0.25, -0.2) is 0 Å². The SMILES string of the molecule is CCc1ccc(C(CNC(=NC)NCc2ccc(C(=O)N(C)C)cc2)N(C)C)cc1. The summed E-state index contributed by atoms with van der Waals surface area (Å²) in [6, 6.07) is 16.7. The Bertz CT molecular complexity index is 826. The second-order valence-electron chi connectivity index (χ2n) is 7.78. The molecule has 0 saturated carbocycles. The second kappa shape index (κ2) is 11.4. The van der Waals surface area contributed by atoms with Crippen molar-refractivity contribution in [2.24, 2.45) is 4.99 Å². The fraction of sp³-hybridized carbons (Fsp3) is 0.417. The molecule has 2 aromatic rings. The summed E-state index contributed by atoms with van der Waals surface area (Å²) >= 11 is 0. The molecule has 0 saturated heterocycles. The molecule has 30 heavy (non-hydrogen) atoms. The van der Waals surface area contributed by atoms with Crippen LogP contribution in [0.25, 0.3) is 0 Å². The van der Waals surface area contributed by atoms with Crippen molar-refractivity contribution >= 4 is 11.9 Å². The van der Waals surface area contributed by atoms with E-state index in [9.17, 15) is 4.79 Å². The van der Waals surface area contributed by atoms with Crippen molar-refractivity contribution in [2.75, 3.05) is 41.8 Å². The van der Waals surface area contributed by atoms with Gasteiger partial charge in [0.15, 0.2) is 5.96 Å². The van der Waals surface area contributed by atoms with E-state index in [1.54, 1.807) is 26.0 Å². The fourth-order valence-corrected chi connectivity index (χ4v) is 3.20. The minimum absolute atomic E-state index is 0.00804. The zero-order valence-electron chi connectivity index (χ0n) is 19.1. The van der Waals surface area contributed by atoms with Gasteiger partial charge < -0.3 is 20.4 Å². The summed E-state index contributed by atoms with van der Waals surface area (Å²) in [6.07, 6.45) is 1.05. The third-order valence-corrected chi connectivity index (χ3v) is 5.15. The Labute approximate surface area is 181 Å². The molecule has 0 bridgehead atoms. The molecule has 6 heteroatoms. The molecule has 0 aromatic heterocycles. The maximum Gasteiger partial charge on any atom is 0.253 e. The molecule has 2 aromatic carbocycles. The van der Waals surface area contributed by atoms with Crippen molar-refractivity contribution in [1.82, 2.24) is 20.4 Å². The average Bonchev–Trinajstić information content (AvgIpc) is 2.76. The first-order chi connectivity index (χ1) is 14.3. The molecule has 2 N–H and O–H groups in total. The average molecular weight is 410 g/mol. The highest BCUT2D eigenvalue weighted by molar-refractivity contribution is 5.93. The summed E-state index contributed by atoms with van der Waals surface area (Å²) in [7, 11) is 9.47. The van der Waals surface area contributed by atoms with E-state index in [2.05, 4.69) is 65.8 Å². The van der Waals surface area contributed by atoms with E-state index in [4.69, 9.17) is 0 Å². The molecular weight excluding hydrogens is 374 g/mol. The van der Waals surface area contributed by atoms with Crippen LogP contribution in [0.15, 0.2) is 53.5 Å². The van der Waals surface area contributed by atoms with E-state index < -0.39 is 0 Å². The normalized spacial score (nSPS) is 12.6. The van der Waals surface area contributed by atoms with Crippen LogP contribution in [-0.4, -0.2) is 63.4 Å². The van der Waals surface area contributed by atoms with Gasteiger partial charge in [-0.3, -0.25) is 9.79 Å². The van der Waals surface area contributed by atoms with Gasteiger partial charge >= 0.3 is 0 Å². The molecule has 6 nitrogen and oxygen atoms in total. The van der Waals surface area contributed by atoms with Crippen LogP contribution in [0.4, 0.5) is 0 Å². The minimum atomic E-state index is 0.00804. The Morgan fingerprint density at radius 3 is 2.03 bits per heavy atom. The van der Waals surface area contributed by atoms with E-state index >= 15 is 0 Å². The van der Waals surface area contributed by atoms with E-state index in [0.717, 1.165) is 24.5 Å². The quantitative estimate of drug-likeness (QED) is 0.520. The van der Waals surface area contributed by atoms with Gasteiger partial charge in [-0.1, -0.05) is 43.3 Å². The lowest BCUT2D eigenvalue weighted by atomic mass is 10.0. The number of aryl methyl sites for hydroxylation is 1. The summed E-state index contributed by atoms with van der Waals surface area (Å²) in [5, 5.41) is 6.78. The van der Waals surface area contributed by atoms with Crippen LogP contribution in [0.2, 0.25) is 0 Å². The summed E-state index contributed by atoms with van der Waals surface area (Å²) in [4.78, 5) is 20.1. The van der Waals surface area contributed by atoms with Crippen molar-refractivity contribution in [1.29, 1.82) is 0 Å². The Hall–Kier alpha value is -2.86. The first kappa shape index (κ1) is 23.4. The molecule has 162 valence electrons. The van der Waals surface area contributed by atoms with Gasteiger partial charge in [0, 0.05) is 39.8 Å². The van der Waals surface area contributed by atoms with Crippen LogP contribution in [0.3, 0.4) is 0 Å². The molecular formula is C24H35N5O. The van der Waals surface area contributed by atoms with Crippen LogP contribution in [0.1, 0.15) is 40.0 Å². The van der Waals surface area contributed by atoms with Crippen molar-refractivity contribution < 1.29 is 4.79 Å². The maximum atomic E-state index is 12.0. The topological polar surface area (TPSA) is 60.0 Å². The van der Waals surface area contributed by atoms with Crippen LogP contribution < -0.4 is 10.6 Å². The Kier molecular flexibility index (Phi) is 8.87. The van der Waals surface area contributed by atoms with Crippen molar-refractivity contribution in [3.05, 3.63) is 70.8 Å². The van der Waals surface area contributed by atoms with Crippen molar-refractivity contribution in [2.45, 2.75) is 25.9 Å². The summed E-state index contributed by atoms with van der Waals surface area (Å²) in [6.45, 7) is 3.55. The standard InChI is InChI=1S/C24H35N5O/c1-7-18-8-12-20(13-9-18)22(28(3)4)17-27-24(25-2)26-16-19-10-14-21(15-11-19)23(30)29(5)6/h8-15,22H,7,16-17H2,1-6H3,(H2,25,26,27). The minimum Gasteiger partial charge on any atom is -0.354 e. The monoisotopic (exact) mass is 409 g/mol. The Morgan fingerprint density at radius 1 is 0.933 bits per heavy atom. The number of rotatable bonds is 8. The van der Waals surface area contributed by atoms with Gasteiger partial charge in [-0.2, -0.15) is 0 Å². The van der Waals surface area contributed by atoms with Crippen molar-refractivity contribution in [3.8, 4) is 0 Å². The molecule has 0 aliphatic heterocycles. The predicted molar refractivity (Wildman–Crippen MR) is 125 cm³/mol. The zero-order valence-corrected chi connectivity index (χ0v) is 19.1. The number of carbonyl (C=O) groups is 1. The fourth-order valence-electron chi connectivity index (χ4n) is 3.20. The Morgan fingerprint density at radius 2 is 1.53 bits per heavy atom. The van der Waals surface area contributed by atoms with E-state index in [-0.39, 0.29) is 11.9 Å². The maximum absolute atomic E-state index is 12.0. The number of hydrogen-bond donors (Lipinski definition) is 2. The van der Waals surface area contributed by atoms with Crippen LogP contribution in [0, 0.1) is 0 Å². The summed E-state index contributed by atoms with van der Waals surface area (Å²) in [5.74, 6) is 0.758. The first-order valence-electron chi connectivity index (χ1n) is 10.4. The molecule has 0 fully saturated rings. The number of hydrogen-bond acceptors (Lipinski definition) is 3. The highest BCUT2D eigenvalue weighted by Gasteiger charge is 2.15. The largest absolute Gasteiger partial charge is 0.354 e. The molecule has 1 atom stereocenters. The van der Waals surface area contributed by atoms with Crippen LogP contribution in [0.5, 0.6) is 0 Å². The van der Waals surface area contributed by atoms with Gasteiger partial charge in [0.05, 0.1) is 6.04 Å². The lowest BCUT2D eigenvalue weighted by molar-refractivity contribution is 0.0827. The number of carbonyl (C=O) groups excluding carboxylic acids is 1. The summed E-state index contributed by atoms with van der Waals surface area (Å²) < 4.78 is 0. The molecule has 1 amide bonds. The first-order valence-corrected chi connectivity index (χ1v) is 10.4. The van der Waals surface area contributed by atoms with E-state index in [1.807, 2.05) is 24.3 Å². The number of aliphatic imine (C=N–C) groups is 1. The number of guanidine groups is 1. The molecule has 0 aliphatic rings. The number of benzene rings is 2. The summed E-state index contributed by atoms with van der Waals surface area (Å²) in [5.41, 5.74) is 4.41. The van der Waals surface area contributed by atoms with Gasteiger partial charge in [-0.05, 0) is 49.3 Å². The molecule has 2 rings (SSSR count). The van der Waals surface area contributed by atoms with E-state index in [0.29, 0.717) is 12.1 Å². The Balaban J connectivity index is 1.93. The molecule has 0 heterocycles. The molecule has 0 aliphatic carbocycles. The van der Waals surface area contributed by atoms with Gasteiger partial charge in [-0.15, -0.1) is 0 Å². The lowest BCUT2D eigenvalue weighted by Gasteiger charge is -2.26. The molecule has 1 unspecified atom stereocenters. The van der Waals surface area contributed by atoms with E-state index in [1.165, 1.54) is 11.1 Å². The van der Waals surface area contributed by atoms with Gasteiger partial charge in [0.25, 0.3) is 5.91 Å². The number of nitrogens with one attached hydrogen (secondary N) is 2. The number of likely N-dealkylation sites (N-methyl/N-ethyl adjacent to an activating group) is 1. The van der Waals surface area contributed by atoms with Crippen molar-refractivity contribution in [3.63, 3.8) is 0 Å².